The molecule has 7 heteroatoms. The van der Waals surface area contributed by atoms with E-state index in [2.05, 4.69) is 25.4 Å². The molecule has 7 nitrogen and oxygen atoms in total. The molecule has 5 rings (SSSR count). The Morgan fingerprint density at radius 3 is 3.03 bits per heavy atom. The largest absolute Gasteiger partial charge is 0.392 e. The van der Waals surface area contributed by atoms with Crippen molar-refractivity contribution in [2.45, 2.75) is 25.2 Å². The minimum Gasteiger partial charge on any atom is -0.392 e. The number of pyridine rings is 1. The molecule has 30 heavy (non-hydrogen) atoms. The van der Waals surface area contributed by atoms with E-state index in [1.54, 1.807) is 6.20 Å². The predicted octanol–water partition coefficient (Wildman–Crippen LogP) is 1.44. The fourth-order valence-electron chi connectivity index (χ4n) is 4.36. The molecule has 2 unspecified atom stereocenters. The quantitative estimate of drug-likeness (QED) is 0.701. The summed E-state index contributed by atoms with van der Waals surface area (Å²) < 4.78 is 0. The van der Waals surface area contributed by atoms with Crippen LogP contribution in [0.15, 0.2) is 72.4 Å². The second-order valence-corrected chi connectivity index (χ2v) is 7.89. The van der Waals surface area contributed by atoms with Gasteiger partial charge in [0, 0.05) is 37.4 Å². The first kappa shape index (κ1) is 18.8. The summed E-state index contributed by atoms with van der Waals surface area (Å²) in [7, 11) is 0. The van der Waals surface area contributed by atoms with Crippen LogP contribution in [0.5, 0.6) is 0 Å². The fourth-order valence-corrected chi connectivity index (χ4v) is 4.36. The van der Waals surface area contributed by atoms with Crippen molar-refractivity contribution in [3.8, 4) is 0 Å². The summed E-state index contributed by atoms with van der Waals surface area (Å²) in [6.07, 6.45) is 10.1. The number of aliphatic hydroxyl groups excluding tert-OH is 1. The maximum Gasteiger partial charge on any atom is 0.269 e. The smallest absolute Gasteiger partial charge is 0.269 e. The van der Waals surface area contributed by atoms with E-state index < -0.39 is 0 Å². The van der Waals surface area contributed by atoms with Gasteiger partial charge in [-0.1, -0.05) is 30.3 Å². The van der Waals surface area contributed by atoms with Crippen LogP contribution in [0.3, 0.4) is 0 Å². The van der Waals surface area contributed by atoms with E-state index in [9.17, 15) is 9.90 Å². The van der Waals surface area contributed by atoms with Crippen molar-refractivity contribution in [2.24, 2.45) is 0 Å². The molecule has 2 aromatic rings. The highest BCUT2D eigenvalue weighted by Gasteiger charge is 2.35. The van der Waals surface area contributed by atoms with Crippen LogP contribution < -0.4 is 10.6 Å². The Balaban J connectivity index is 1.30. The Labute approximate surface area is 175 Å². The van der Waals surface area contributed by atoms with Gasteiger partial charge in [-0.15, -0.1) is 0 Å². The van der Waals surface area contributed by atoms with Crippen LogP contribution in [-0.4, -0.2) is 57.7 Å². The maximum absolute atomic E-state index is 13.0. The number of allylic oxidation sites excluding steroid dienone is 3. The van der Waals surface area contributed by atoms with E-state index in [1.807, 2.05) is 54.8 Å². The average Bonchev–Trinajstić information content (AvgIpc) is 3.36. The lowest BCUT2D eigenvalue weighted by Gasteiger charge is -2.29. The highest BCUT2D eigenvalue weighted by atomic mass is 16.3. The zero-order chi connectivity index (χ0) is 20.5. The third-order valence-corrected chi connectivity index (χ3v) is 5.87. The molecule has 3 N–H and O–H groups in total. The summed E-state index contributed by atoms with van der Waals surface area (Å²) in [5, 5.41) is 18.4. The topological polar surface area (TPSA) is 80.7 Å². The Morgan fingerprint density at radius 2 is 2.17 bits per heavy atom. The minimum absolute atomic E-state index is 0.0390. The number of carbonyl (C=O) groups is 1. The van der Waals surface area contributed by atoms with Crippen LogP contribution in [-0.2, 0) is 11.3 Å². The molecule has 0 aliphatic carbocycles. The molecule has 0 spiro atoms. The first-order valence-corrected chi connectivity index (χ1v) is 10.3. The van der Waals surface area contributed by atoms with Crippen molar-refractivity contribution in [3.05, 3.63) is 78.0 Å². The summed E-state index contributed by atoms with van der Waals surface area (Å²) in [6, 6.07) is 10.0. The molecule has 1 amide bonds. The SMILES string of the molecule is O=C(NCc1nccc2ccccc12)C1=C2C=CC=CN2C(CN2CCC(O)C2)N1. The monoisotopic (exact) mass is 403 g/mol. The van der Waals surface area contributed by atoms with E-state index >= 15 is 0 Å². The molecule has 1 aromatic heterocycles. The number of hydrogen-bond acceptors (Lipinski definition) is 6. The van der Waals surface area contributed by atoms with Gasteiger partial charge >= 0.3 is 0 Å². The molecule has 0 radical (unpaired) electrons. The molecule has 0 bridgehead atoms. The van der Waals surface area contributed by atoms with Crippen LogP contribution in [0.25, 0.3) is 10.8 Å². The standard InChI is InChI=1S/C23H25N5O2/c29-17-9-12-27(14-17)15-21-26-22(20-7-3-4-11-28(20)21)23(30)25-13-19-18-6-2-1-5-16(18)8-10-24-19/h1-8,10-11,17,21,26,29H,9,12-15H2,(H,25,30). The van der Waals surface area contributed by atoms with Crippen molar-refractivity contribution >= 4 is 16.7 Å². The van der Waals surface area contributed by atoms with E-state index in [0.29, 0.717) is 18.8 Å². The van der Waals surface area contributed by atoms with Gasteiger partial charge in [-0.2, -0.15) is 0 Å². The lowest BCUT2D eigenvalue weighted by Crippen LogP contribution is -2.45. The van der Waals surface area contributed by atoms with Gasteiger partial charge in [0.15, 0.2) is 0 Å². The number of β-amino-alcohol motifs (C(OH)–C–C–N with tert-alkyl or cyclic N) is 1. The fraction of sp³-hybridized carbons (Fsp3) is 0.304. The molecule has 1 fully saturated rings. The number of aromatic nitrogens is 1. The number of carbonyl (C=O) groups excluding carboxylic acids is 1. The lowest BCUT2D eigenvalue weighted by molar-refractivity contribution is -0.118. The molecule has 2 atom stereocenters. The first-order valence-electron chi connectivity index (χ1n) is 10.3. The molecule has 4 heterocycles. The molecule has 1 aromatic carbocycles. The van der Waals surface area contributed by atoms with Crippen LogP contribution >= 0.6 is 0 Å². The summed E-state index contributed by atoms with van der Waals surface area (Å²) >= 11 is 0. The van der Waals surface area contributed by atoms with E-state index in [-0.39, 0.29) is 18.2 Å². The first-order chi connectivity index (χ1) is 14.7. The Bertz CT molecular complexity index is 1060. The summed E-state index contributed by atoms with van der Waals surface area (Å²) in [6.45, 7) is 2.65. The van der Waals surface area contributed by atoms with Gasteiger partial charge in [-0.05, 0) is 30.0 Å². The number of fused-ring (bicyclic) bond motifs is 2. The van der Waals surface area contributed by atoms with Gasteiger partial charge in [0.05, 0.1) is 24.0 Å². The van der Waals surface area contributed by atoms with Crippen molar-refractivity contribution in [3.63, 3.8) is 0 Å². The number of hydrogen-bond donors (Lipinski definition) is 3. The molecular formula is C23H25N5O2. The van der Waals surface area contributed by atoms with E-state index in [4.69, 9.17) is 0 Å². The summed E-state index contributed by atoms with van der Waals surface area (Å²) in [5.41, 5.74) is 2.29. The third kappa shape index (κ3) is 3.58. The van der Waals surface area contributed by atoms with E-state index in [0.717, 1.165) is 41.7 Å². The molecule has 3 aliphatic heterocycles. The highest BCUT2D eigenvalue weighted by Crippen LogP contribution is 2.26. The van der Waals surface area contributed by atoms with Crippen LogP contribution in [0.2, 0.25) is 0 Å². The number of nitrogens with one attached hydrogen (secondary N) is 2. The van der Waals surface area contributed by atoms with Gasteiger partial charge < -0.3 is 20.6 Å². The number of aliphatic hydroxyl groups is 1. The number of likely N-dealkylation sites (tertiary alicyclic amines) is 1. The second-order valence-electron chi connectivity index (χ2n) is 7.89. The third-order valence-electron chi connectivity index (χ3n) is 5.87. The predicted molar refractivity (Wildman–Crippen MR) is 115 cm³/mol. The van der Waals surface area contributed by atoms with Gasteiger partial charge in [0.1, 0.15) is 11.9 Å². The van der Waals surface area contributed by atoms with Gasteiger partial charge in [-0.3, -0.25) is 14.7 Å². The maximum atomic E-state index is 13.0. The molecule has 0 saturated carbocycles. The molecule has 1 saturated heterocycles. The zero-order valence-electron chi connectivity index (χ0n) is 16.7. The van der Waals surface area contributed by atoms with Gasteiger partial charge in [-0.25, -0.2) is 0 Å². The second kappa shape index (κ2) is 7.93. The Hall–Kier alpha value is -3.16. The van der Waals surface area contributed by atoms with Crippen molar-refractivity contribution in [1.29, 1.82) is 0 Å². The van der Waals surface area contributed by atoms with Crippen molar-refractivity contribution in [1.82, 2.24) is 25.4 Å². The van der Waals surface area contributed by atoms with Crippen molar-refractivity contribution in [2.75, 3.05) is 19.6 Å². The number of rotatable bonds is 5. The Kier molecular flexibility index (Phi) is 4.98. The van der Waals surface area contributed by atoms with Crippen LogP contribution in [0.1, 0.15) is 12.1 Å². The molecule has 3 aliphatic rings. The van der Waals surface area contributed by atoms with Crippen LogP contribution in [0, 0.1) is 0 Å². The lowest BCUT2D eigenvalue weighted by atomic mass is 10.1. The number of nitrogens with zero attached hydrogens (tertiary/aromatic N) is 3. The summed E-state index contributed by atoms with van der Waals surface area (Å²) in [4.78, 5) is 21.8. The van der Waals surface area contributed by atoms with Gasteiger partial charge in [0.2, 0.25) is 0 Å². The minimum atomic E-state index is -0.258. The Morgan fingerprint density at radius 1 is 1.27 bits per heavy atom. The summed E-state index contributed by atoms with van der Waals surface area (Å²) in [5.74, 6) is -0.145. The zero-order valence-corrected chi connectivity index (χ0v) is 16.7. The average molecular weight is 403 g/mol. The van der Waals surface area contributed by atoms with E-state index in [1.165, 1.54) is 0 Å². The highest BCUT2D eigenvalue weighted by molar-refractivity contribution is 5.95. The molecular weight excluding hydrogens is 378 g/mol. The van der Waals surface area contributed by atoms with Gasteiger partial charge in [0.25, 0.3) is 5.91 Å². The number of amides is 1. The van der Waals surface area contributed by atoms with Crippen LogP contribution in [0.4, 0.5) is 0 Å². The number of benzene rings is 1. The molecule has 154 valence electrons. The van der Waals surface area contributed by atoms with Crippen molar-refractivity contribution < 1.29 is 9.90 Å². The normalized spacial score (nSPS) is 23.2.